The van der Waals surface area contributed by atoms with Crippen LogP contribution >= 0.6 is 0 Å². The van der Waals surface area contributed by atoms with E-state index in [0.29, 0.717) is 24.2 Å². The molecule has 0 spiro atoms. The third-order valence-electron chi connectivity index (χ3n) is 3.83. The number of oxime groups is 1. The summed E-state index contributed by atoms with van der Waals surface area (Å²) in [6.07, 6.45) is 3.27. The molecule has 3 heterocycles. The second kappa shape index (κ2) is 6.25. The molecule has 3 rings (SSSR count). The zero-order valence-electron chi connectivity index (χ0n) is 10.8. The number of quaternary nitrogens is 1. The highest BCUT2D eigenvalue weighted by atomic mass is 35.5. The maximum atomic E-state index is 5.22. The molecule has 2 fully saturated rings. The van der Waals surface area contributed by atoms with Crippen LogP contribution in [0.3, 0.4) is 0 Å². The molecule has 1 aromatic rings. The van der Waals surface area contributed by atoms with E-state index >= 15 is 0 Å². The van der Waals surface area contributed by atoms with Gasteiger partial charge in [0.25, 0.3) is 5.88 Å². The van der Waals surface area contributed by atoms with Gasteiger partial charge in [0, 0.05) is 18.4 Å². The lowest BCUT2D eigenvalue weighted by Gasteiger charge is -2.13. The number of piperidine rings is 1. The molecule has 3 unspecified atom stereocenters. The van der Waals surface area contributed by atoms with Crippen LogP contribution in [0.5, 0.6) is 5.88 Å². The molecule has 1 N–H and O–H groups in total. The molecule has 0 radical (unpaired) electrons. The van der Waals surface area contributed by atoms with E-state index in [0.717, 1.165) is 5.92 Å². The van der Waals surface area contributed by atoms with Crippen molar-refractivity contribution in [3.05, 3.63) is 11.8 Å². The number of nitrogens with zero attached hydrogens (tertiary/aromatic N) is 2. The Morgan fingerprint density at radius 2 is 2.47 bits per heavy atom. The summed E-state index contributed by atoms with van der Waals surface area (Å²) < 4.78 is 9.91. The van der Waals surface area contributed by atoms with Gasteiger partial charge in [-0.2, -0.15) is 0 Å². The van der Waals surface area contributed by atoms with Gasteiger partial charge in [0.05, 0.1) is 38.9 Å². The molecule has 6 nitrogen and oxygen atoms in total. The summed E-state index contributed by atoms with van der Waals surface area (Å²) in [6.45, 7) is 4.12. The van der Waals surface area contributed by atoms with Crippen molar-refractivity contribution in [1.29, 1.82) is 0 Å². The van der Waals surface area contributed by atoms with Crippen molar-refractivity contribution in [1.82, 2.24) is 5.16 Å². The average Bonchev–Trinajstić information content (AvgIpc) is 3.10. The van der Waals surface area contributed by atoms with Gasteiger partial charge in [-0.05, 0) is 5.16 Å². The summed E-state index contributed by atoms with van der Waals surface area (Å²) in [4.78, 5) is 6.92. The van der Waals surface area contributed by atoms with E-state index < -0.39 is 0 Å². The Bertz CT molecular complexity index is 438. The molecule has 0 aromatic carbocycles. The fourth-order valence-corrected chi connectivity index (χ4v) is 2.87. The Balaban J connectivity index is 0.00000133. The Kier molecular flexibility index (Phi) is 4.66. The van der Waals surface area contributed by atoms with Crippen molar-refractivity contribution in [2.24, 2.45) is 17.0 Å². The van der Waals surface area contributed by atoms with E-state index in [2.05, 4.69) is 10.3 Å². The van der Waals surface area contributed by atoms with Gasteiger partial charge in [-0.3, -0.25) is 0 Å². The SMILES string of the molecule is COc1cc(CO/N=C/C2C[NH+]3CCC2C3)on1.[Cl-]. The number of fused-ring (bicyclic) bond motifs is 2. The zero-order valence-corrected chi connectivity index (χ0v) is 11.6. The first-order chi connectivity index (χ1) is 8.85. The third-order valence-corrected chi connectivity index (χ3v) is 3.83. The number of hydrogen-bond donors (Lipinski definition) is 1. The van der Waals surface area contributed by atoms with Crippen LogP contribution in [0.2, 0.25) is 0 Å². The average molecular weight is 288 g/mol. The lowest BCUT2D eigenvalue weighted by molar-refractivity contribution is -0.880. The molecular weight excluding hydrogens is 270 g/mol. The summed E-state index contributed by atoms with van der Waals surface area (Å²) in [5, 5.41) is 7.73. The molecule has 106 valence electrons. The highest BCUT2D eigenvalue weighted by molar-refractivity contribution is 5.61. The maximum absolute atomic E-state index is 5.22. The number of rotatable bonds is 5. The van der Waals surface area contributed by atoms with E-state index in [1.165, 1.54) is 26.1 Å². The fraction of sp³-hybridized carbons (Fsp3) is 0.667. The Morgan fingerprint density at radius 1 is 1.58 bits per heavy atom. The number of ether oxygens (including phenoxy) is 1. The van der Waals surface area contributed by atoms with Crippen LogP contribution in [0.4, 0.5) is 0 Å². The van der Waals surface area contributed by atoms with Gasteiger partial charge in [-0.25, -0.2) is 0 Å². The standard InChI is InChI=1S/C12H17N3O3.ClH/c1-16-12-4-11(18-14-12)8-17-13-5-10-7-15-3-2-9(10)6-15;/h4-5,9-10H,2-3,6-8H2,1H3;1H/b13-5+;. The predicted molar refractivity (Wildman–Crippen MR) is 63.5 cm³/mol. The minimum atomic E-state index is 0. The molecular formula is C12H18ClN3O3. The molecule has 0 saturated carbocycles. The Labute approximate surface area is 118 Å². The van der Waals surface area contributed by atoms with Gasteiger partial charge in [-0.15, -0.1) is 0 Å². The van der Waals surface area contributed by atoms with Gasteiger partial charge in [0.1, 0.15) is 0 Å². The van der Waals surface area contributed by atoms with Crippen molar-refractivity contribution < 1.29 is 31.4 Å². The summed E-state index contributed by atoms with van der Waals surface area (Å²) in [5.41, 5.74) is 0. The Morgan fingerprint density at radius 3 is 3.11 bits per heavy atom. The number of aromatic nitrogens is 1. The molecule has 2 bridgehead atoms. The number of methoxy groups -OCH3 is 1. The minimum absolute atomic E-state index is 0. The molecule has 2 aliphatic heterocycles. The molecule has 3 atom stereocenters. The van der Waals surface area contributed by atoms with Crippen LogP contribution in [-0.4, -0.2) is 38.1 Å². The van der Waals surface area contributed by atoms with E-state index in [-0.39, 0.29) is 12.4 Å². The predicted octanol–water partition coefficient (Wildman–Crippen LogP) is -3.28. The van der Waals surface area contributed by atoms with E-state index in [9.17, 15) is 0 Å². The van der Waals surface area contributed by atoms with E-state index in [1.807, 2.05) is 6.21 Å². The molecule has 0 aliphatic carbocycles. The first-order valence-electron chi connectivity index (χ1n) is 6.34. The monoisotopic (exact) mass is 287 g/mol. The molecule has 0 amide bonds. The third kappa shape index (κ3) is 3.19. The highest BCUT2D eigenvalue weighted by Gasteiger charge is 2.41. The summed E-state index contributed by atoms with van der Waals surface area (Å²) in [7, 11) is 1.55. The van der Waals surface area contributed by atoms with E-state index in [4.69, 9.17) is 14.1 Å². The van der Waals surface area contributed by atoms with Gasteiger partial charge < -0.3 is 31.4 Å². The number of nitrogens with one attached hydrogen (secondary N) is 1. The fourth-order valence-electron chi connectivity index (χ4n) is 2.87. The van der Waals surface area contributed by atoms with Crippen LogP contribution in [0.15, 0.2) is 15.7 Å². The first-order valence-corrected chi connectivity index (χ1v) is 6.34. The quantitative estimate of drug-likeness (QED) is 0.456. The summed E-state index contributed by atoms with van der Waals surface area (Å²) in [6, 6.07) is 1.70. The van der Waals surface area contributed by atoms with Crippen LogP contribution in [0, 0.1) is 11.8 Å². The van der Waals surface area contributed by atoms with Crippen molar-refractivity contribution >= 4 is 6.21 Å². The van der Waals surface area contributed by atoms with Crippen LogP contribution in [0.25, 0.3) is 0 Å². The van der Waals surface area contributed by atoms with Gasteiger partial charge in [0.2, 0.25) is 0 Å². The van der Waals surface area contributed by atoms with Crippen molar-refractivity contribution in [3.8, 4) is 5.88 Å². The number of halogens is 1. The first kappa shape index (κ1) is 14.1. The topological polar surface area (TPSA) is 61.3 Å². The van der Waals surface area contributed by atoms with Crippen molar-refractivity contribution in [3.63, 3.8) is 0 Å². The zero-order chi connectivity index (χ0) is 12.4. The van der Waals surface area contributed by atoms with Crippen LogP contribution < -0.4 is 22.0 Å². The maximum Gasteiger partial charge on any atom is 0.254 e. The summed E-state index contributed by atoms with van der Waals surface area (Å²) >= 11 is 0. The highest BCUT2D eigenvalue weighted by Crippen LogP contribution is 2.20. The lowest BCUT2D eigenvalue weighted by Crippen LogP contribution is -3.09. The normalized spacial score (nSPS) is 28.6. The van der Waals surface area contributed by atoms with E-state index in [1.54, 1.807) is 18.1 Å². The van der Waals surface area contributed by atoms with Crippen molar-refractivity contribution in [2.45, 2.75) is 13.0 Å². The second-order valence-electron chi connectivity index (χ2n) is 4.98. The van der Waals surface area contributed by atoms with Crippen LogP contribution in [0.1, 0.15) is 12.2 Å². The minimum Gasteiger partial charge on any atom is -1.00 e. The van der Waals surface area contributed by atoms with Crippen molar-refractivity contribution in [2.75, 3.05) is 26.7 Å². The van der Waals surface area contributed by atoms with Gasteiger partial charge >= 0.3 is 0 Å². The summed E-state index contributed by atoms with van der Waals surface area (Å²) in [5.74, 6) is 2.46. The molecule has 7 heteroatoms. The smallest absolute Gasteiger partial charge is 0.254 e. The lowest BCUT2D eigenvalue weighted by atomic mass is 9.94. The van der Waals surface area contributed by atoms with Crippen LogP contribution in [-0.2, 0) is 11.4 Å². The van der Waals surface area contributed by atoms with Gasteiger partial charge in [0.15, 0.2) is 12.4 Å². The van der Waals surface area contributed by atoms with Gasteiger partial charge in [-0.1, -0.05) is 5.16 Å². The largest absolute Gasteiger partial charge is 1.00 e. The number of hydrogen-bond acceptors (Lipinski definition) is 5. The molecule has 2 aliphatic rings. The molecule has 2 saturated heterocycles. The molecule has 1 aromatic heterocycles. The molecule has 19 heavy (non-hydrogen) atoms. The Hall–Kier alpha value is -1.27. The second-order valence-corrected chi connectivity index (χ2v) is 4.98.